The molecule has 2 N–H and O–H groups in total. The molecule has 2 aromatic rings. The monoisotopic (exact) mass is 350 g/mol. The van der Waals surface area contributed by atoms with E-state index in [9.17, 15) is 9.18 Å². The summed E-state index contributed by atoms with van der Waals surface area (Å²) >= 11 is 14.5. The SMILES string of the molecule is O=C(Nc1ccc(Br)cc1F)c1cc(Cl)c(Cl)[nH]1. The fourth-order valence-corrected chi connectivity index (χ4v) is 1.95. The zero-order valence-electron chi connectivity index (χ0n) is 8.73. The number of anilines is 1. The van der Waals surface area contributed by atoms with E-state index in [1.807, 2.05) is 0 Å². The molecule has 0 unspecified atom stereocenters. The highest BCUT2D eigenvalue weighted by atomic mass is 79.9. The molecule has 1 amide bonds. The van der Waals surface area contributed by atoms with E-state index in [0.29, 0.717) is 4.47 Å². The number of benzene rings is 1. The minimum Gasteiger partial charge on any atom is -0.340 e. The second kappa shape index (κ2) is 5.30. The number of rotatable bonds is 2. The summed E-state index contributed by atoms with van der Waals surface area (Å²) in [7, 11) is 0. The average molecular weight is 352 g/mol. The minimum atomic E-state index is -0.540. The smallest absolute Gasteiger partial charge is 0.272 e. The van der Waals surface area contributed by atoms with Gasteiger partial charge < -0.3 is 10.3 Å². The maximum atomic E-state index is 13.5. The molecule has 0 saturated heterocycles. The van der Waals surface area contributed by atoms with Gasteiger partial charge in [-0.05, 0) is 24.3 Å². The van der Waals surface area contributed by atoms with Gasteiger partial charge >= 0.3 is 0 Å². The molecule has 0 bridgehead atoms. The number of hydrogen-bond acceptors (Lipinski definition) is 1. The minimum absolute atomic E-state index is 0.0741. The van der Waals surface area contributed by atoms with Crippen LogP contribution in [0.1, 0.15) is 10.5 Å². The first-order chi connectivity index (χ1) is 8.47. The van der Waals surface area contributed by atoms with Crippen molar-refractivity contribution in [2.45, 2.75) is 0 Å². The molecule has 1 aromatic heterocycles. The second-order valence-electron chi connectivity index (χ2n) is 3.42. The van der Waals surface area contributed by atoms with Gasteiger partial charge in [0.05, 0.1) is 10.7 Å². The summed E-state index contributed by atoms with van der Waals surface area (Å²) < 4.78 is 14.1. The second-order valence-corrected chi connectivity index (χ2v) is 5.12. The van der Waals surface area contributed by atoms with Gasteiger partial charge in [-0.25, -0.2) is 4.39 Å². The summed E-state index contributed by atoms with van der Waals surface area (Å²) in [6.07, 6.45) is 0. The molecule has 0 aliphatic carbocycles. The Kier molecular flexibility index (Phi) is 3.94. The molecule has 2 rings (SSSR count). The van der Waals surface area contributed by atoms with Gasteiger partial charge in [-0.2, -0.15) is 0 Å². The van der Waals surface area contributed by atoms with E-state index < -0.39 is 11.7 Å². The van der Waals surface area contributed by atoms with Gasteiger partial charge in [0.2, 0.25) is 0 Å². The number of carbonyl (C=O) groups excluding carboxylic acids is 1. The number of amides is 1. The van der Waals surface area contributed by atoms with Crippen LogP contribution < -0.4 is 5.32 Å². The molecular weight excluding hydrogens is 346 g/mol. The maximum Gasteiger partial charge on any atom is 0.272 e. The van der Waals surface area contributed by atoms with Crippen molar-refractivity contribution in [3.63, 3.8) is 0 Å². The van der Waals surface area contributed by atoms with E-state index in [1.54, 1.807) is 6.07 Å². The molecule has 7 heteroatoms. The van der Waals surface area contributed by atoms with Crippen LogP contribution in [0.3, 0.4) is 0 Å². The van der Waals surface area contributed by atoms with E-state index in [-0.39, 0.29) is 21.6 Å². The van der Waals surface area contributed by atoms with E-state index >= 15 is 0 Å². The summed E-state index contributed by atoms with van der Waals surface area (Å²) in [5, 5.41) is 2.81. The first-order valence-electron chi connectivity index (χ1n) is 4.78. The largest absolute Gasteiger partial charge is 0.340 e. The molecule has 0 saturated carbocycles. The lowest BCUT2D eigenvalue weighted by Gasteiger charge is -2.05. The first kappa shape index (κ1) is 13.4. The summed E-state index contributed by atoms with van der Waals surface area (Å²) in [6.45, 7) is 0. The molecule has 3 nitrogen and oxygen atoms in total. The van der Waals surface area contributed by atoms with Crippen molar-refractivity contribution in [1.82, 2.24) is 4.98 Å². The Morgan fingerprint density at radius 1 is 1.33 bits per heavy atom. The molecule has 0 spiro atoms. The summed E-state index contributed by atoms with van der Waals surface area (Å²) in [5.41, 5.74) is 0.234. The van der Waals surface area contributed by atoms with Crippen molar-refractivity contribution in [3.05, 3.63) is 50.4 Å². The van der Waals surface area contributed by atoms with E-state index in [2.05, 4.69) is 26.2 Å². The topological polar surface area (TPSA) is 44.9 Å². The first-order valence-corrected chi connectivity index (χ1v) is 6.32. The molecule has 0 radical (unpaired) electrons. The third-order valence-electron chi connectivity index (χ3n) is 2.15. The van der Waals surface area contributed by atoms with Crippen molar-refractivity contribution in [2.24, 2.45) is 0 Å². The molecule has 0 fully saturated rings. The lowest BCUT2D eigenvalue weighted by Crippen LogP contribution is -2.13. The van der Waals surface area contributed by atoms with Gasteiger partial charge in [0.25, 0.3) is 5.91 Å². The van der Waals surface area contributed by atoms with Crippen molar-refractivity contribution in [2.75, 3.05) is 5.32 Å². The predicted molar refractivity (Wildman–Crippen MR) is 72.9 cm³/mol. The van der Waals surface area contributed by atoms with Gasteiger partial charge in [0.1, 0.15) is 16.7 Å². The summed E-state index contributed by atoms with van der Waals surface area (Å²) in [5.74, 6) is -1.06. The Morgan fingerprint density at radius 3 is 2.61 bits per heavy atom. The quantitative estimate of drug-likeness (QED) is 0.823. The maximum absolute atomic E-state index is 13.5. The van der Waals surface area contributed by atoms with Gasteiger partial charge in [0, 0.05) is 4.47 Å². The molecule has 0 aliphatic rings. The Labute approximate surface area is 120 Å². The van der Waals surface area contributed by atoms with Gasteiger partial charge in [0.15, 0.2) is 0 Å². The van der Waals surface area contributed by atoms with Crippen molar-refractivity contribution in [3.8, 4) is 0 Å². The Morgan fingerprint density at radius 2 is 2.06 bits per heavy atom. The zero-order valence-corrected chi connectivity index (χ0v) is 11.8. The Hall–Kier alpha value is -1.04. The summed E-state index contributed by atoms with van der Waals surface area (Å²) in [4.78, 5) is 14.4. The Balaban J connectivity index is 2.21. The number of hydrogen-bond donors (Lipinski definition) is 2. The fourth-order valence-electron chi connectivity index (χ4n) is 1.31. The highest BCUT2D eigenvalue weighted by Crippen LogP contribution is 2.23. The van der Waals surface area contributed by atoms with Crippen LogP contribution in [0.5, 0.6) is 0 Å². The van der Waals surface area contributed by atoms with Crippen LogP contribution >= 0.6 is 39.1 Å². The van der Waals surface area contributed by atoms with Crippen molar-refractivity contribution < 1.29 is 9.18 Å². The molecule has 18 heavy (non-hydrogen) atoms. The predicted octanol–water partition coefficient (Wildman–Crippen LogP) is 4.48. The van der Waals surface area contributed by atoms with E-state index in [1.165, 1.54) is 18.2 Å². The molecule has 1 aromatic carbocycles. The number of aromatic amines is 1. The van der Waals surface area contributed by atoms with Gasteiger partial charge in [-0.3, -0.25) is 4.79 Å². The molecule has 0 aliphatic heterocycles. The van der Waals surface area contributed by atoms with Crippen molar-refractivity contribution >= 4 is 50.7 Å². The third kappa shape index (κ3) is 2.85. The molecule has 1 heterocycles. The van der Waals surface area contributed by atoms with E-state index in [4.69, 9.17) is 23.2 Å². The number of aromatic nitrogens is 1. The average Bonchev–Trinajstić information content (AvgIpc) is 2.63. The van der Waals surface area contributed by atoms with Crippen LogP contribution in [-0.2, 0) is 0 Å². The molecule has 0 atom stereocenters. The summed E-state index contributed by atoms with van der Waals surface area (Å²) in [6, 6.07) is 5.69. The highest BCUT2D eigenvalue weighted by molar-refractivity contribution is 9.10. The van der Waals surface area contributed by atoms with Gasteiger partial charge in [-0.1, -0.05) is 39.1 Å². The van der Waals surface area contributed by atoms with Crippen LogP contribution in [0.15, 0.2) is 28.7 Å². The lowest BCUT2D eigenvalue weighted by molar-refractivity contribution is 0.102. The lowest BCUT2D eigenvalue weighted by atomic mass is 10.3. The molecule has 94 valence electrons. The van der Waals surface area contributed by atoms with E-state index in [0.717, 1.165) is 0 Å². The third-order valence-corrected chi connectivity index (χ3v) is 3.34. The van der Waals surface area contributed by atoms with Crippen LogP contribution in [0.25, 0.3) is 0 Å². The Bertz CT molecular complexity index is 596. The number of nitrogens with one attached hydrogen (secondary N) is 2. The number of carbonyl (C=O) groups is 1. The normalized spacial score (nSPS) is 10.4. The highest BCUT2D eigenvalue weighted by Gasteiger charge is 2.13. The molecular formula is C11H6BrCl2FN2O. The number of halogens is 4. The van der Waals surface area contributed by atoms with Crippen LogP contribution in [-0.4, -0.2) is 10.9 Å². The fraction of sp³-hybridized carbons (Fsp3) is 0. The number of H-pyrrole nitrogens is 1. The standard InChI is InChI=1S/C11H6BrCl2FN2O/c12-5-1-2-8(7(15)3-5)17-11(18)9-4-6(13)10(14)16-9/h1-4,16H,(H,17,18). The zero-order chi connectivity index (χ0) is 13.3. The van der Waals surface area contributed by atoms with Crippen LogP contribution in [0, 0.1) is 5.82 Å². The van der Waals surface area contributed by atoms with Crippen LogP contribution in [0.4, 0.5) is 10.1 Å². The van der Waals surface area contributed by atoms with Crippen molar-refractivity contribution in [1.29, 1.82) is 0 Å². The van der Waals surface area contributed by atoms with Gasteiger partial charge in [-0.15, -0.1) is 0 Å². The van der Waals surface area contributed by atoms with Crippen LogP contribution in [0.2, 0.25) is 10.2 Å².